The third kappa shape index (κ3) is 2.56. The van der Waals surface area contributed by atoms with Crippen LogP contribution in [0.2, 0.25) is 0 Å². The molecule has 0 unspecified atom stereocenters. The molecule has 0 aliphatic carbocycles. The van der Waals surface area contributed by atoms with E-state index in [1.54, 1.807) is 10.7 Å². The molecule has 0 aliphatic heterocycles. The van der Waals surface area contributed by atoms with Crippen LogP contribution in [-0.2, 0) is 6.54 Å². The van der Waals surface area contributed by atoms with E-state index in [0.29, 0.717) is 28.9 Å². The minimum atomic E-state index is -0.137. The van der Waals surface area contributed by atoms with E-state index in [0.717, 1.165) is 11.4 Å². The maximum absolute atomic E-state index is 12.2. The van der Waals surface area contributed by atoms with Crippen LogP contribution in [0.4, 0.5) is 0 Å². The van der Waals surface area contributed by atoms with Crippen molar-refractivity contribution in [3.8, 4) is 0 Å². The molecule has 0 amide bonds. The highest BCUT2D eigenvalue weighted by Crippen LogP contribution is 2.15. The molecule has 9 heteroatoms. The molecule has 0 bridgehead atoms. The Labute approximate surface area is 141 Å². The van der Waals surface area contributed by atoms with Gasteiger partial charge in [-0.15, -0.1) is 10.2 Å². The molecule has 0 aromatic carbocycles. The molecule has 4 aromatic heterocycles. The maximum Gasteiger partial charge on any atom is 0.350 e. The lowest BCUT2D eigenvalue weighted by atomic mass is 10.4. The van der Waals surface area contributed by atoms with E-state index < -0.39 is 0 Å². The van der Waals surface area contributed by atoms with Crippen molar-refractivity contribution in [3.05, 3.63) is 52.3 Å². The summed E-state index contributed by atoms with van der Waals surface area (Å²) in [6, 6.07) is 7.45. The van der Waals surface area contributed by atoms with Gasteiger partial charge in [-0.1, -0.05) is 17.8 Å². The van der Waals surface area contributed by atoms with Gasteiger partial charge in [0.1, 0.15) is 0 Å². The largest absolute Gasteiger partial charge is 0.350 e. The summed E-state index contributed by atoms with van der Waals surface area (Å²) < 4.78 is 4.72. The number of pyridine rings is 1. The van der Waals surface area contributed by atoms with Crippen LogP contribution in [0, 0.1) is 13.8 Å². The van der Waals surface area contributed by atoms with Gasteiger partial charge in [0.25, 0.3) is 5.78 Å². The summed E-state index contributed by atoms with van der Waals surface area (Å²) in [6.07, 6.45) is 1.72. The van der Waals surface area contributed by atoms with Gasteiger partial charge >= 0.3 is 5.69 Å². The molecule has 24 heavy (non-hydrogen) atoms. The lowest BCUT2D eigenvalue weighted by molar-refractivity contribution is 0.639. The molecule has 8 nitrogen and oxygen atoms in total. The highest BCUT2D eigenvalue weighted by molar-refractivity contribution is 7.99. The molecule has 0 saturated heterocycles. The smallest absolute Gasteiger partial charge is 0.250 e. The number of nitrogens with zero attached hydrogens (tertiary/aromatic N) is 7. The lowest BCUT2D eigenvalue weighted by Gasteiger charge is -1.97. The molecule has 0 spiro atoms. The Morgan fingerprint density at radius 1 is 1.17 bits per heavy atom. The third-order valence-electron chi connectivity index (χ3n) is 3.62. The van der Waals surface area contributed by atoms with Gasteiger partial charge in [-0.05, 0) is 32.0 Å². The van der Waals surface area contributed by atoms with Gasteiger partial charge in [-0.25, -0.2) is 19.0 Å². The second kappa shape index (κ2) is 5.75. The first-order chi connectivity index (χ1) is 11.6. The van der Waals surface area contributed by atoms with Gasteiger partial charge in [-0.3, -0.25) is 4.40 Å². The number of aromatic nitrogens is 7. The van der Waals surface area contributed by atoms with Crippen molar-refractivity contribution >= 4 is 23.2 Å². The van der Waals surface area contributed by atoms with Crippen LogP contribution in [-0.4, -0.2) is 39.5 Å². The van der Waals surface area contributed by atoms with E-state index >= 15 is 0 Å². The van der Waals surface area contributed by atoms with E-state index in [9.17, 15) is 4.79 Å². The van der Waals surface area contributed by atoms with E-state index in [1.807, 2.05) is 38.1 Å². The topological polar surface area (TPSA) is 82.4 Å². The third-order valence-corrected chi connectivity index (χ3v) is 4.44. The Hall–Kier alpha value is -2.68. The van der Waals surface area contributed by atoms with Crippen LogP contribution in [0.1, 0.15) is 11.4 Å². The van der Waals surface area contributed by atoms with Crippen LogP contribution in [0.25, 0.3) is 11.4 Å². The molecule has 0 aliphatic rings. The Morgan fingerprint density at radius 3 is 2.88 bits per heavy atom. The van der Waals surface area contributed by atoms with Crippen molar-refractivity contribution in [2.45, 2.75) is 25.5 Å². The molecule has 4 heterocycles. The fourth-order valence-corrected chi connectivity index (χ4v) is 3.28. The molecule has 122 valence electrons. The first-order valence-electron chi connectivity index (χ1n) is 7.50. The van der Waals surface area contributed by atoms with Gasteiger partial charge in [-0.2, -0.15) is 4.98 Å². The van der Waals surface area contributed by atoms with Gasteiger partial charge in [0.2, 0.25) is 5.16 Å². The average molecular weight is 341 g/mol. The highest BCUT2D eigenvalue weighted by Gasteiger charge is 2.10. The summed E-state index contributed by atoms with van der Waals surface area (Å²) in [4.78, 5) is 21.0. The number of hydrogen-bond acceptors (Lipinski definition) is 6. The van der Waals surface area contributed by atoms with Crippen LogP contribution >= 0.6 is 11.8 Å². The summed E-state index contributed by atoms with van der Waals surface area (Å²) in [6.45, 7) is 4.40. The molecule has 0 radical (unpaired) electrons. The lowest BCUT2D eigenvalue weighted by Crippen LogP contribution is -2.22. The van der Waals surface area contributed by atoms with Gasteiger partial charge in [0.05, 0.1) is 6.54 Å². The van der Waals surface area contributed by atoms with Crippen molar-refractivity contribution in [1.29, 1.82) is 0 Å². The zero-order valence-corrected chi connectivity index (χ0v) is 14.1. The monoisotopic (exact) mass is 341 g/mol. The molecule has 4 rings (SSSR count). The van der Waals surface area contributed by atoms with Crippen LogP contribution < -0.4 is 5.69 Å². The Kier molecular flexibility index (Phi) is 3.57. The minimum absolute atomic E-state index is 0.137. The van der Waals surface area contributed by atoms with Crippen molar-refractivity contribution in [2.75, 3.05) is 5.75 Å². The summed E-state index contributed by atoms with van der Waals surface area (Å²) in [7, 11) is 0. The van der Waals surface area contributed by atoms with Gasteiger partial charge in [0.15, 0.2) is 5.65 Å². The standard InChI is InChI=1S/C15H15N7OS/c1-10-9-11(2)22-13(16-10)17-14(19-22)24-8-7-21-15(23)20-6-4-3-5-12(20)18-21/h3-6,9H,7-8H2,1-2H3. The van der Waals surface area contributed by atoms with E-state index in [1.165, 1.54) is 20.8 Å². The predicted molar refractivity (Wildman–Crippen MR) is 90.4 cm³/mol. The molecule has 0 atom stereocenters. The second-order valence-electron chi connectivity index (χ2n) is 5.43. The minimum Gasteiger partial charge on any atom is -0.250 e. The Balaban J connectivity index is 1.52. The first-order valence-corrected chi connectivity index (χ1v) is 8.48. The fourth-order valence-electron chi connectivity index (χ4n) is 2.55. The Morgan fingerprint density at radius 2 is 2.04 bits per heavy atom. The number of fused-ring (bicyclic) bond motifs is 2. The van der Waals surface area contributed by atoms with Gasteiger partial charge in [0, 0.05) is 23.3 Å². The molecular weight excluding hydrogens is 326 g/mol. The number of rotatable bonds is 4. The first kappa shape index (κ1) is 14.9. The van der Waals surface area contributed by atoms with E-state index in [4.69, 9.17) is 0 Å². The van der Waals surface area contributed by atoms with Crippen LogP contribution in [0.3, 0.4) is 0 Å². The van der Waals surface area contributed by atoms with Crippen molar-refractivity contribution in [2.24, 2.45) is 0 Å². The molecular formula is C15H15N7OS. The van der Waals surface area contributed by atoms with Crippen molar-refractivity contribution < 1.29 is 0 Å². The zero-order chi connectivity index (χ0) is 16.7. The maximum atomic E-state index is 12.2. The summed E-state index contributed by atoms with van der Waals surface area (Å²) in [5.74, 6) is 1.25. The zero-order valence-electron chi connectivity index (χ0n) is 13.2. The van der Waals surface area contributed by atoms with Crippen molar-refractivity contribution in [3.63, 3.8) is 0 Å². The molecule has 0 N–H and O–H groups in total. The summed E-state index contributed by atoms with van der Waals surface area (Å²) in [5, 5.41) is 9.40. The molecule has 0 saturated carbocycles. The van der Waals surface area contributed by atoms with Crippen LogP contribution in [0.5, 0.6) is 0 Å². The van der Waals surface area contributed by atoms with Gasteiger partial charge < -0.3 is 0 Å². The fraction of sp³-hybridized carbons (Fsp3) is 0.267. The van der Waals surface area contributed by atoms with E-state index in [-0.39, 0.29) is 5.69 Å². The summed E-state index contributed by atoms with van der Waals surface area (Å²) >= 11 is 1.48. The number of hydrogen-bond donors (Lipinski definition) is 0. The molecule has 4 aromatic rings. The Bertz CT molecular complexity index is 1090. The second-order valence-corrected chi connectivity index (χ2v) is 6.49. The average Bonchev–Trinajstić information content (AvgIpc) is 3.10. The number of aryl methyl sites for hydroxylation is 3. The predicted octanol–water partition coefficient (Wildman–Crippen LogP) is 1.34. The number of thioether (sulfide) groups is 1. The quantitative estimate of drug-likeness (QED) is 0.521. The molecule has 0 fully saturated rings. The van der Waals surface area contributed by atoms with Crippen LogP contribution in [0.15, 0.2) is 40.4 Å². The highest BCUT2D eigenvalue weighted by atomic mass is 32.2. The summed E-state index contributed by atoms with van der Waals surface area (Å²) in [5.41, 5.74) is 2.42. The van der Waals surface area contributed by atoms with E-state index in [2.05, 4.69) is 20.2 Å². The normalized spacial score (nSPS) is 11.6. The van der Waals surface area contributed by atoms with Crippen molar-refractivity contribution in [1.82, 2.24) is 33.8 Å². The SMILES string of the molecule is Cc1cc(C)n2nc(SCCn3nc4ccccn4c3=O)nc2n1.